The summed E-state index contributed by atoms with van der Waals surface area (Å²) >= 11 is 1.75. The number of aromatic amines is 1. The first kappa shape index (κ1) is 10.3. The molecule has 2 aromatic rings. The van der Waals surface area contributed by atoms with Gasteiger partial charge in [-0.15, -0.1) is 11.3 Å². The molecule has 80 valence electrons. The summed E-state index contributed by atoms with van der Waals surface area (Å²) < 4.78 is 0. The monoisotopic (exact) mass is 222 g/mol. The first-order valence-electron chi connectivity index (χ1n) is 4.87. The molecule has 0 radical (unpaired) electrons. The van der Waals surface area contributed by atoms with Crippen LogP contribution in [0.1, 0.15) is 21.3 Å². The highest BCUT2D eigenvalue weighted by Gasteiger charge is 2.03. The highest BCUT2D eigenvalue weighted by atomic mass is 32.1. The molecular weight excluding hydrogens is 208 g/mol. The van der Waals surface area contributed by atoms with E-state index in [-0.39, 0.29) is 0 Å². The number of hydrogen-bond donors (Lipinski definition) is 2. The fourth-order valence-electron chi connectivity index (χ4n) is 1.43. The van der Waals surface area contributed by atoms with Gasteiger partial charge in [-0.1, -0.05) is 0 Å². The third-order valence-electron chi connectivity index (χ3n) is 2.17. The van der Waals surface area contributed by atoms with E-state index in [1.54, 1.807) is 17.5 Å². The van der Waals surface area contributed by atoms with Crippen molar-refractivity contribution in [1.29, 1.82) is 0 Å². The molecule has 0 aromatic carbocycles. The van der Waals surface area contributed by atoms with Crippen LogP contribution in [0.5, 0.6) is 0 Å². The van der Waals surface area contributed by atoms with Crippen molar-refractivity contribution in [3.8, 4) is 0 Å². The minimum Gasteiger partial charge on any atom is -0.305 e. The molecule has 2 aromatic heterocycles. The van der Waals surface area contributed by atoms with Gasteiger partial charge in [0.05, 0.1) is 10.7 Å². The lowest BCUT2D eigenvalue weighted by atomic mass is 10.3. The number of H-pyrrole nitrogens is 1. The smallest absolute Gasteiger partial charge is 0.0900 e. The zero-order valence-corrected chi connectivity index (χ0v) is 9.69. The molecule has 15 heavy (non-hydrogen) atoms. The van der Waals surface area contributed by atoms with E-state index in [0.717, 1.165) is 29.5 Å². The first-order valence-corrected chi connectivity index (χ1v) is 5.69. The molecule has 0 atom stereocenters. The minimum atomic E-state index is 0.802. The highest BCUT2D eigenvalue weighted by Crippen LogP contribution is 2.15. The number of hydrogen-bond acceptors (Lipinski definition) is 4. The second kappa shape index (κ2) is 4.55. The van der Waals surface area contributed by atoms with E-state index in [2.05, 4.69) is 27.4 Å². The van der Waals surface area contributed by atoms with Crippen molar-refractivity contribution in [2.24, 2.45) is 0 Å². The largest absolute Gasteiger partial charge is 0.305 e. The summed E-state index contributed by atoms with van der Waals surface area (Å²) in [5.41, 5.74) is 2.25. The van der Waals surface area contributed by atoms with E-state index < -0.39 is 0 Å². The van der Waals surface area contributed by atoms with Crippen LogP contribution in [0.15, 0.2) is 12.3 Å². The molecule has 0 saturated heterocycles. The molecular formula is C10H14N4S. The number of thiazole rings is 1. The zero-order valence-electron chi connectivity index (χ0n) is 8.87. The average molecular weight is 222 g/mol. The minimum absolute atomic E-state index is 0.802. The van der Waals surface area contributed by atoms with Crippen LogP contribution in [0, 0.1) is 13.8 Å². The summed E-state index contributed by atoms with van der Waals surface area (Å²) in [7, 11) is 0. The predicted octanol–water partition coefficient (Wildman–Crippen LogP) is 1.77. The Morgan fingerprint density at radius 2 is 2.27 bits per heavy atom. The normalized spacial score (nSPS) is 10.8. The maximum atomic E-state index is 4.46. The number of nitrogens with one attached hydrogen (secondary N) is 2. The van der Waals surface area contributed by atoms with Crippen LogP contribution < -0.4 is 5.32 Å². The SMILES string of the molecule is Cc1nc(CNCc2ccn[nH]2)c(C)s1. The third kappa shape index (κ3) is 2.64. The molecule has 2 N–H and O–H groups in total. The molecule has 0 aliphatic heterocycles. The maximum absolute atomic E-state index is 4.46. The van der Waals surface area contributed by atoms with Gasteiger partial charge in [-0.3, -0.25) is 5.10 Å². The molecule has 0 fully saturated rings. The molecule has 0 bridgehead atoms. The van der Waals surface area contributed by atoms with Crippen molar-refractivity contribution in [2.45, 2.75) is 26.9 Å². The Bertz CT molecular complexity index is 419. The van der Waals surface area contributed by atoms with E-state index in [1.807, 2.05) is 13.0 Å². The van der Waals surface area contributed by atoms with Gasteiger partial charge in [0.15, 0.2) is 0 Å². The Morgan fingerprint density at radius 1 is 1.40 bits per heavy atom. The standard InChI is InChI=1S/C10H14N4S/c1-7-10(13-8(2)15-7)6-11-5-9-3-4-12-14-9/h3-4,11H,5-6H2,1-2H3,(H,12,14). The summed E-state index contributed by atoms with van der Waals surface area (Å²) in [6.07, 6.45) is 1.76. The topological polar surface area (TPSA) is 53.6 Å². The Hall–Kier alpha value is -1.20. The van der Waals surface area contributed by atoms with Crippen molar-refractivity contribution in [3.63, 3.8) is 0 Å². The second-order valence-corrected chi connectivity index (χ2v) is 4.83. The summed E-state index contributed by atoms with van der Waals surface area (Å²) in [6.45, 7) is 5.76. The Labute approximate surface area is 92.8 Å². The summed E-state index contributed by atoms with van der Waals surface area (Å²) in [5.74, 6) is 0. The van der Waals surface area contributed by atoms with Gasteiger partial charge in [-0.2, -0.15) is 5.10 Å². The molecule has 0 aliphatic rings. The molecule has 2 heterocycles. The average Bonchev–Trinajstić information content (AvgIpc) is 2.77. The molecule has 0 unspecified atom stereocenters. The highest BCUT2D eigenvalue weighted by molar-refractivity contribution is 7.11. The van der Waals surface area contributed by atoms with Crippen molar-refractivity contribution < 1.29 is 0 Å². The Balaban J connectivity index is 1.86. The number of aryl methyl sites for hydroxylation is 2. The lowest BCUT2D eigenvalue weighted by Gasteiger charge is -2.00. The van der Waals surface area contributed by atoms with Gasteiger partial charge in [0.25, 0.3) is 0 Å². The Morgan fingerprint density at radius 3 is 2.87 bits per heavy atom. The zero-order chi connectivity index (χ0) is 10.7. The number of rotatable bonds is 4. The molecule has 2 rings (SSSR count). The summed E-state index contributed by atoms with van der Waals surface area (Å²) in [5, 5.41) is 11.3. The third-order valence-corrected chi connectivity index (χ3v) is 3.09. The van der Waals surface area contributed by atoms with Crippen molar-refractivity contribution in [3.05, 3.63) is 33.5 Å². The molecule has 0 saturated carbocycles. The summed E-state index contributed by atoms with van der Waals surface area (Å²) in [6, 6.07) is 1.96. The van der Waals surface area contributed by atoms with Crippen molar-refractivity contribution >= 4 is 11.3 Å². The molecule has 4 nitrogen and oxygen atoms in total. The van der Waals surface area contributed by atoms with Crippen molar-refractivity contribution in [2.75, 3.05) is 0 Å². The van der Waals surface area contributed by atoms with E-state index in [0.29, 0.717) is 0 Å². The van der Waals surface area contributed by atoms with E-state index >= 15 is 0 Å². The van der Waals surface area contributed by atoms with E-state index in [4.69, 9.17) is 0 Å². The van der Waals surface area contributed by atoms with E-state index in [9.17, 15) is 0 Å². The van der Waals surface area contributed by atoms with Gasteiger partial charge >= 0.3 is 0 Å². The van der Waals surface area contributed by atoms with Gasteiger partial charge in [0, 0.05) is 29.9 Å². The fraction of sp³-hybridized carbons (Fsp3) is 0.400. The number of aromatic nitrogens is 3. The molecule has 0 aliphatic carbocycles. The lowest BCUT2D eigenvalue weighted by molar-refractivity contribution is 0.665. The second-order valence-electron chi connectivity index (χ2n) is 3.42. The van der Waals surface area contributed by atoms with Gasteiger partial charge in [-0.25, -0.2) is 4.98 Å². The van der Waals surface area contributed by atoms with Crippen LogP contribution in [0.2, 0.25) is 0 Å². The van der Waals surface area contributed by atoms with Crippen LogP contribution in [-0.2, 0) is 13.1 Å². The maximum Gasteiger partial charge on any atom is 0.0900 e. The molecule has 0 amide bonds. The Kier molecular flexibility index (Phi) is 3.13. The molecule has 5 heteroatoms. The predicted molar refractivity (Wildman–Crippen MR) is 60.7 cm³/mol. The van der Waals surface area contributed by atoms with Gasteiger partial charge < -0.3 is 5.32 Å². The van der Waals surface area contributed by atoms with Crippen LogP contribution in [0.25, 0.3) is 0 Å². The van der Waals surface area contributed by atoms with Crippen LogP contribution in [0.3, 0.4) is 0 Å². The van der Waals surface area contributed by atoms with Crippen LogP contribution in [0.4, 0.5) is 0 Å². The molecule has 0 spiro atoms. The fourth-order valence-corrected chi connectivity index (χ4v) is 2.27. The van der Waals surface area contributed by atoms with Gasteiger partial charge in [0.1, 0.15) is 0 Å². The lowest BCUT2D eigenvalue weighted by Crippen LogP contribution is -2.13. The van der Waals surface area contributed by atoms with Gasteiger partial charge in [0.2, 0.25) is 0 Å². The first-order chi connectivity index (χ1) is 7.25. The quantitative estimate of drug-likeness (QED) is 0.829. The van der Waals surface area contributed by atoms with Gasteiger partial charge in [-0.05, 0) is 19.9 Å². The van der Waals surface area contributed by atoms with Crippen LogP contribution in [-0.4, -0.2) is 15.2 Å². The number of nitrogens with zero attached hydrogens (tertiary/aromatic N) is 2. The van der Waals surface area contributed by atoms with Crippen molar-refractivity contribution in [1.82, 2.24) is 20.5 Å². The van der Waals surface area contributed by atoms with Crippen LogP contribution >= 0.6 is 11.3 Å². The van der Waals surface area contributed by atoms with E-state index in [1.165, 1.54) is 4.88 Å². The summed E-state index contributed by atoms with van der Waals surface area (Å²) in [4.78, 5) is 5.76.